The molecule has 0 bridgehead atoms. The molecular weight excluding hydrogens is 261 g/mol. The lowest BCUT2D eigenvalue weighted by molar-refractivity contribution is -0.142. The van der Waals surface area contributed by atoms with Crippen molar-refractivity contribution >= 4 is 5.97 Å². The molecular formula is C15H22FNO3. The second kappa shape index (κ2) is 7.97. The minimum Gasteiger partial charge on any atom is -0.469 e. The SMILES string of the molecule is CCC(C)NC(CC(=O)OC)C(O)c1ccc(F)cc1. The third-order valence-corrected chi connectivity index (χ3v) is 3.32. The summed E-state index contributed by atoms with van der Waals surface area (Å²) in [5.41, 5.74) is 0.566. The van der Waals surface area contributed by atoms with Crippen molar-refractivity contribution in [2.75, 3.05) is 7.11 Å². The van der Waals surface area contributed by atoms with Gasteiger partial charge in [0.05, 0.1) is 19.6 Å². The number of rotatable bonds is 7. The number of esters is 1. The number of benzene rings is 1. The van der Waals surface area contributed by atoms with E-state index >= 15 is 0 Å². The zero-order chi connectivity index (χ0) is 15.1. The summed E-state index contributed by atoms with van der Waals surface area (Å²) < 4.78 is 17.6. The first-order valence-corrected chi connectivity index (χ1v) is 6.74. The van der Waals surface area contributed by atoms with Gasteiger partial charge in [0.2, 0.25) is 0 Å². The standard InChI is InChI=1S/C15H22FNO3/c1-4-10(2)17-13(9-14(18)20-3)15(19)11-5-7-12(16)8-6-11/h5-8,10,13,15,17,19H,4,9H2,1-3H3. The maximum absolute atomic E-state index is 12.9. The Morgan fingerprint density at radius 2 is 2.00 bits per heavy atom. The molecule has 0 spiro atoms. The van der Waals surface area contributed by atoms with E-state index in [-0.39, 0.29) is 18.3 Å². The van der Waals surface area contributed by atoms with Crippen LogP contribution in [0.2, 0.25) is 0 Å². The summed E-state index contributed by atoms with van der Waals surface area (Å²) in [6.45, 7) is 3.98. The molecule has 2 N–H and O–H groups in total. The maximum Gasteiger partial charge on any atom is 0.307 e. The maximum atomic E-state index is 12.9. The number of halogens is 1. The second-order valence-electron chi connectivity index (χ2n) is 4.86. The van der Waals surface area contributed by atoms with E-state index < -0.39 is 18.1 Å². The summed E-state index contributed by atoms with van der Waals surface area (Å²) in [5, 5.41) is 13.6. The predicted molar refractivity (Wildman–Crippen MR) is 74.7 cm³/mol. The van der Waals surface area contributed by atoms with Gasteiger partial charge >= 0.3 is 5.97 Å². The van der Waals surface area contributed by atoms with Crippen LogP contribution in [0.1, 0.15) is 38.4 Å². The molecule has 5 heteroatoms. The summed E-state index contributed by atoms with van der Waals surface area (Å²) in [5.74, 6) is -0.757. The first kappa shape index (κ1) is 16.6. The zero-order valence-corrected chi connectivity index (χ0v) is 12.1. The molecule has 0 aromatic heterocycles. The van der Waals surface area contributed by atoms with Crippen LogP contribution < -0.4 is 5.32 Å². The van der Waals surface area contributed by atoms with Crippen molar-refractivity contribution in [3.8, 4) is 0 Å². The lowest BCUT2D eigenvalue weighted by atomic mass is 9.98. The van der Waals surface area contributed by atoms with Gasteiger partial charge in [-0.1, -0.05) is 19.1 Å². The zero-order valence-electron chi connectivity index (χ0n) is 12.1. The Balaban J connectivity index is 2.84. The summed E-state index contributed by atoms with van der Waals surface area (Å²) in [4.78, 5) is 11.4. The molecule has 20 heavy (non-hydrogen) atoms. The molecule has 3 atom stereocenters. The second-order valence-corrected chi connectivity index (χ2v) is 4.86. The van der Waals surface area contributed by atoms with Gasteiger partial charge in [-0.05, 0) is 31.0 Å². The van der Waals surface area contributed by atoms with Crippen molar-refractivity contribution in [1.29, 1.82) is 0 Å². The Morgan fingerprint density at radius 1 is 1.40 bits per heavy atom. The molecule has 0 fully saturated rings. The fourth-order valence-electron chi connectivity index (χ4n) is 1.90. The third kappa shape index (κ3) is 4.90. The van der Waals surface area contributed by atoms with Crippen LogP contribution in [0.15, 0.2) is 24.3 Å². The monoisotopic (exact) mass is 283 g/mol. The predicted octanol–water partition coefficient (Wildman–Crippen LogP) is 2.18. The number of carbonyl (C=O) groups is 1. The molecule has 0 heterocycles. The van der Waals surface area contributed by atoms with Gasteiger partial charge in [-0.3, -0.25) is 4.79 Å². The van der Waals surface area contributed by atoms with E-state index in [1.807, 2.05) is 13.8 Å². The highest BCUT2D eigenvalue weighted by Gasteiger charge is 2.25. The minimum atomic E-state index is -0.899. The number of nitrogens with one attached hydrogen (secondary N) is 1. The van der Waals surface area contributed by atoms with Crippen LogP contribution in [0.25, 0.3) is 0 Å². The molecule has 0 aliphatic rings. The highest BCUT2D eigenvalue weighted by Crippen LogP contribution is 2.20. The largest absolute Gasteiger partial charge is 0.469 e. The fraction of sp³-hybridized carbons (Fsp3) is 0.533. The molecule has 0 radical (unpaired) electrons. The van der Waals surface area contributed by atoms with Crippen molar-refractivity contribution in [3.05, 3.63) is 35.6 Å². The first-order chi connectivity index (χ1) is 9.47. The van der Waals surface area contributed by atoms with E-state index in [4.69, 9.17) is 0 Å². The number of aliphatic hydroxyl groups is 1. The molecule has 4 nitrogen and oxygen atoms in total. The molecule has 1 aromatic carbocycles. The summed E-state index contributed by atoms with van der Waals surface area (Å²) in [6.07, 6.45) is 0.0245. The molecule has 0 saturated carbocycles. The van der Waals surface area contributed by atoms with E-state index in [1.165, 1.54) is 31.4 Å². The summed E-state index contributed by atoms with van der Waals surface area (Å²) in [7, 11) is 1.31. The molecule has 0 aliphatic heterocycles. The van der Waals surface area contributed by atoms with E-state index in [0.29, 0.717) is 5.56 Å². The van der Waals surface area contributed by atoms with Crippen LogP contribution in [0, 0.1) is 5.82 Å². The van der Waals surface area contributed by atoms with Gasteiger partial charge < -0.3 is 15.2 Å². The van der Waals surface area contributed by atoms with Crippen LogP contribution >= 0.6 is 0 Å². The van der Waals surface area contributed by atoms with Gasteiger partial charge in [0, 0.05) is 12.1 Å². The van der Waals surface area contributed by atoms with Crippen molar-refractivity contribution in [3.63, 3.8) is 0 Å². The lowest BCUT2D eigenvalue weighted by Crippen LogP contribution is -2.42. The number of aliphatic hydroxyl groups excluding tert-OH is 1. The molecule has 1 rings (SSSR count). The topological polar surface area (TPSA) is 58.6 Å². The highest BCUT2D eigenvalue weighted by atomic mass is 19.1. The van der Waals surface area contributed by atoms with Gasteiger partial charge in [-0.2, -0.15) is 0 Å². The Kier molecular flexibility index (Phi) is 6.61. The average molecular weight is 283 g/mol. The van der Waals surface area contributed by atoms with Crippen molar-refractivity contribution in [2.45, 2.75) is 44.9 Å². The van der Waals surface area contributed by atoms with Gasteiger partial charge in [0.15, 0.2) is 0 Å². The Morgan fingerprint density at radius 3 is 2.50 bits per heavy atom. The smallest absolute Gasteiger partial charge is 0.307 e. The third-order valence-electron chi connectivity index (χ3n) is 3.32. The van der Waals surface area contributed by atoms with Crippen molar-refractivity contribution in [1.82, 2.24) is 5.32 Å². The summed E-state index contributed by atoms with van der Waals surface area (Å²) in [6, 6.07) is 5.29. The van der Waals surface area contributed by atoms with Crippen molar-refractivity contribution in [2.24, 2.45) is 0 Å². The van der Waals surface area contributed by atoms with Crippen LogP contribution in [-0.4, -0.2) is 30.3 Å². The fourth-order valence-corrected chi connectivity index (χ4v) is 1.90. The van der Waals surface area contributed by atoms with Crippen LogP contribution in [0.3, 0.4) is 0 Å². The van der Waals surface area contributed by atoms with Gasteiger partial charge in [-0.25, -0.2) is 4.39 Å². The van der Waals surface area contributed by atoms with E-state index in [0.717, 1.165) is 6.42 Å². The van der Waals surface area contributed by atoms with Crippen LogP contribution in [0.4, 0.5) is 4.39 Å². The van der Waals surface area contributed by atoms with Crippen LogP contribution in [0.5, 0.6) is 0 Å². The van der Waals surface area contributed by atoms with E-state index in [1.54, 1.807) is 0 Å². The Bertz CT molecular complexity index is 422. The normalized spacial score (nSPS) is 15.4. The van der Waals surface area contributed by atoms with Gasteiger partial charge in [-0.15, -0.1) is 0 Å². The molecule has 0 saturated heterocycles. The van der Waals surface area contributed by atoms with Crippen LogP contribution in [-0.2, 0) is 9.53 Å². The first-order valence-electron chi connectivity index (χ1n) is 6.74. The number of methoxy groups -OCH3 is 1. The molecule has 1 aromatic rings. The number of hydrogen-bond donors (Lipinski definition) is 2. The van der Waals surface area contributed by atoms with Crippen molar-refractivity contribution < 1.29 is 19.0 Å². The number of ether oxygens (including phenoxy) is 1. The summed E-state index contributed by atoms with van der Waals surface area (Å²) >= 11 is 0. The lowest BCUT2D eigenvalue weighted by Gasteiger charge is -2.26. The highest BCUT2D eigenvalue weighted by molar-refractivity contribution is 5.70. The molecule has 3 unspecified atom stereocenters. The van der Waals surface area contributed by atoms with E-state index in [2.05, 4.69) is 10.1 Å². The Hall–Kier alpha value is -1.46. The molecule has 112 valence electrons. The van der Waals surface area contributed by atoms with E-state index in [9.17, 15) is 14.3 Å². The number of hydrogen-bond acceptors (Lipinski definition) is 4. The van der Waals surface area contributed by atoms with Gasteiger partial charge in [0.1, 0.15) is 5.82 Å². The average Bonchev–Trinajstić information content (AvgIpc) is 2.46. The minimum absolute atomic E-state index is 0.0549. The quantitative estimate of drug-likeness (QED) is 0.753. The molecule has 0 aliphatic carbocycles. The van der Waals surface area contributed by atoms with Gasteiger partial charge in [0.25, 0.3) is 0 Å². The Labute approximate surface area is 119 Å². The molecule has 0 amide bonds. The number of carbonyl (C=O) groups excluding carboxylic acids is 1.